The van der Waals surface area contributed by atoms with Crippen molar-refractivity contribution in [2.45, 2.75) is 52.7 Å². The molecule has 0 aromatic heterocycles. The maximum absolute atomic E-state index is 11.4. The number of aliphatic hydroxyl groups excluding tert-OH is 1. The average Bonchev–Trinajstić information content (AvgIpc) is 2.66. The van der Waals surface area contributed by atoms with E-state index in [0.717, 1.165) is 29.5 Å². The summed E-state index contributed by atoms with van der Waals surface area (Å²) in [5.74, 6) is -0.603. The molecule has 1 unspecified atom stereocenters. The van der Waals surface area contributed by atoms with Crippen LogP contribution >= 0.6 is 0 Å². The molecule has 0 spiro atoms. The minimum atomic E-state index is -1.10. The molecule has 142 valence electrons. The van der Waals surface area contributed by atoms with E-state index in [1.807, 2.05) is 18.2 Å². The van der Waals surface area contributed by atoms with Crippen molar-refractivity contribution in [3.05, 3.63) is 65.7 Å². The van der Waals surface area contributed by atoms with Crippen LogP contribution in [0.5, 0.6) is 0 Å². The van der Waals surface area contributed by atoms with Crippen molar-refractivity contribution >= 4 is 11.5 Å². The number of hydrogen-bond donors (Lipinski definition) is 1. The summed E-state index contributed by atoms with van der Waals surface area (Å²) in [5, 5.41) is 9.21. The Morgan fingerprint density at radius 1 is 1.11 bits per heavy atom. The molecule has 0 saturated heterocycles. The summed E-state index contributed by atoms with van der Waals surface area (Å²) >= 11 is 0. The van der Waals surface area contributed by atoms with Gasteiger partial charge in [0.1, 0.15) is 12.7 Å². The Labute approximate surface area is 161 Å². The largest absolute Gasteiger partial charge is 0.459 e. The Hall–Kier alpha value is -2.39. The first kappa shape index (κ1) is 19.4. The second kappa shape index (κ2) is 8.10. The Morgan fingerprint density at radius 2 is 1.81 bits per heavy atom. The average molecular weight is 364 g/mol. The Morgan fingerprint density at radius 3 is 2.44 bits per heavy atom. The van der Waals surface area contributed by atoms with Gasteiger partial charge in [-0.25, -0.2) is 4.79 Å². The first-order valence-corrected chi connectivity index (χ1v) is 9.58. The molecule has 1 atom stereocenters. The highest BCUT2D eigenvalue weighted by molar-refractivity contribution is 5.74. The summed E-state index contributed by atoms with van der Waals surface area (Å²) in [7, 11) is 0. The standard InChI is InChI=1S/C24H28O3/c1-17(25)23(26)27-16-18-5-4-6-22(15-18)20-9-7-19(8-10-20)21-11-13-24(2,3)14-12-21/h4-11,15,17,25H,12-14,16H2,1-3H3. The zero-order valence-electron chi connectivity index (χ0n) is 16.4. The van der Waals surface area contributed by atoms with E-state index in [9.17, 15) is 9.90 Å². The maximum atomic E-state index is 11.4. The van der Waals surface area contributed by atoms with Crippen LogP contribution in [-0.4, -0.2) is 17.2 Å². The molecule has 1 aliphatic carbocycles. The Bertz CT molecular complexity index is 829. The molecule has 3 nitrogen and oxygen atoms in total. The van der Waals surface area contributed by atoms with Crippen molar-refractivity contribution in [1.29, 1.82) is 0 Å². The van der Waals surface area contributed by atoms with Crippen molar-refractivity contribution < 1.29 is 14.6 Å². The van der Waals surface area contributed by atoms with E-state index in [0.29, 0.717) is 5.41 Å². The van der Waals surface area contributed by atoms with Gasteiger partial charge < -0.3 is 9.84 Å². The second-order valence-electron chi connectivity index (χ2n) is 8.16. The molecular formula is C24H28O3. The zero-order valence-corrected chi connectivity index (χ0v) is 16.4. The number of rotatable bonds is 5. The van der Waals surface area contributed by atoms with Crippen LogP contribution in [0.1, 0.15) is 51.2 Å². The third-order valence-corrected chi connectivity index (χ3v) is 5.21. The van der Waals surface area contributed by atoms with Crippen LogP contribution < -0.4 is 0 Å². The number of ether oxygens (including phenoxy) is 1. The van der Waals surface area contributed by atoms with Gasteiger partial charge >= 0.3 is 5.97 Å². The summed E-state index contributed by atoms with van der Waals surface area (Å²) in [5.41, 5.74) is 6.30. The van der Waals surface area contributed by atoms with Crippen LogP contribution in [0.4, 0.5) is 0 Å². The van der Waals surface area contributed by atoms with Crippen molar-refractivity contribution in [3.8, 4) is 11.1 Å². The lowest BCUT2D eigenvalue weighted by molar-refractivity contribution is -0.153. The lowest BCUT2D eigenvalue weighted by Crippen LogP contribution is -2.18. The van der Waals surface area contributed by atoms with E-state index in [2.05, 4.69) is 50.3 Å². The van der Waals surface area contributed by atoms with Crippen LogP contribution in [0.25, 0.3) is 16.7 Å². The fourth-order valence-corrected chi connectivity index (χ4v) is 3.33. The summed E-state index contributed by atoms with van der Waals surface area (Å²) < 4.78 is 5.10. The van der Waals surface area contributed by atoms with Gasteiger partial charge in [0.2, 0.25) is 0 Å². The zero-order chi connectivity index (χ0) is 19.4. The molecule has 1 N–H and O–H groups in total. The first-order chi connectivity index (χ1) is 12.8. The molecule has 0 amide bonds. The highest BCUT2D eigenvalue weighted by atomic mass is 16.5. The Balaban J connectivity index is 1.71. The minimum absolute atomic E-state index is 0.165. The van der Waals surface area contributed by atoms with Crippen LogP contribution in [0, 0.1) is 5.41 Å². The van der Waals surface area contributed by atoms with Crippen LogP contribution in [-0.2, 0) is 16.1 Å². The normalized spacial score (nSPS) is 17.1. The van der Waals surface area contributed by atoms with Gasteiger partial charge in [0.15, 0.2) is 0 Å². The third kappa shape index (κ3) is 5.08. The van der Waals surface area contributed by atoms with Gasteiger partial charge in [-0.3, -0.25) is 0 Å². The smallest absolute Gasteiger partial charge is 0.334 e. The van der Waals surface area contributed by atoms with Crippen LogP contribution in [0.15, 0.2) is 54.6 Å². The number of carbonyl (C=O) groups is 1. The molecule has 3 rings (SSSR count). The third-order valence-electron chi connectivity index (χ3n) is 5.21. The van der Waals surface area contributed by atoms with Crippen molar-refractivity contribution in [3.63, 3.8) is 0 Å². The summed E-state index contributed by atoms with van der Waals surface area (Å²) in [6, 6.07) is 16.6. The molecule has 0 fully saturated rings. The predicted octanol–water partition coefficient (Wildman–Crippen LogP) is 5.37. The van der Waals surface area contributed by atoms with E-state index in [-0.39, 0.29) is 6.61 Å². The topological polar surface area (TPSA) is 46.5 Å². The SMILES string of the molecule is CC(O)C(=O)OCc1cccc(-c2ccc(C3=CCC(C)(C)CC3)cc2)c1. The number of hydrogen-bond acceptors (Lipinski definition) is 3. The summed E-state index contributed by atoms with van der Waals surface area (Å²) in [6.07, 6.45) is 4.79. The van der Waals surface area contributed by atoms with Gasteiger partial charge in [-0.2, -0.15) is 0 Å². The van der Waals surface area contributed by atoms with Crippen LogP contribution in [0.2, 0.25) is 0 Å². The second-order valence-corrected chi connectivity index (χ2v) is 8.16. The van der Waals surface area contributed by atoms with Gasteiger partial charge in [0, 0.05) is 0 Å². The number of aliphatic hydroxyl groups is 1. The van der Waals surface area contributed by atoms with Gasteiger partial charge in [-0.1, -0.05) is 62.4 Å². The molecule has 0 bridgehead atoms. The number of carbonyl (C=O) groups excluding carboxylic acids is 1. The lowest BCUT2D eigenvalue weighted by atomic mass is 9.77. The molecule has 1 aliphatic rings. The quantitative estimate of drug-likeness (QED) is 0.725. The molecule has 3 heteroatoms. The number of allylic oxidation sites excluding steroid dienone is 2. The maximum Gasteiger partial charge on any atom is 0.334 e. The first-order valence-electron chi connectivity index (χ1n) is 9.58. The highest BCUT2D eigenvalue weighted by Crippen LogP contribution is 2.38. The van der Waals surface area contributed by atoms with Gasteiger partial charge in [0.05, 0.1) is 0 Å². The molecule has 2 aromatic carbocycles. The van der Waals surface area contributed by atoms with Gasteiger partial charge in [0.25, 0.3) is 0 Å². The molecule has 2 aromatic rings. The van der Waals surface area contributed by atoms with Crippen molar-refractivity contribution in [1.82, 2.24) is 0 Å². The molecular weight excluding hydrogens is 336 g/mol. The minimum Gasteiger partial charge on any atom is -0.459 e. The van der Waals surface area contributed by atoms with Gasteiger partial charge in [-0.05, 0) is 65.5 Å². The van der Waals surface area contributed by atoms with E-state index in [4.69, 9.17) is 4.74 Å². The Kier molecular flexibility index (Phi) is 5.81. The number of esters is 1. The lowest BCUT2D eigenvalue weighted by Gasteiger charge is -2.28. The van der Waals surface area contributed by atoms with Crippen LogP contribution in [0.3, 0.4) is 0 Å². The monoisotopic (exact) mass is 364 g/mol. The fraction of sp³-hybridized carbons (Fsp3) is 0.375. The molecule has 27 heavy (non-hydrogen) atoms. The van der Waals surface area contributed by atoms with E-state index >= 15 is 0 Å². The highest BCUT2D eigenvalue weighted by Gasteiger charge is 2.21. The number of benzene rings is 2. The fourth-order valence-electron chi connectivity index (χ4n) is 3.33. The van der Waals surface area contributed by atoms with E-state index in [1.54, 1.807) is 0 Å². The van der Waals surface area contributed by atoms with E-state index < -0.39 is 12.1 Å². The molecule has 0 radical (unpaired) electrons. The summed E-state index contributed by atoms with van der Waals surface area (Å²) in [6.45, 7) is 6.23. The molecule has 0 saturated carbocycles. The van der Waals surface area contributed by atoms with E-state index in [1.165, 1.54) is 24.5 Å². The van der Waals surface area contributed by atoms with Gasteiger partial charge in [-0.15, -0.1) is 0 Å². The summed E-state index contributed by atoms with van der Waals surface area (Å²) in [4.78, 5) is 11.4. The predicted molar refractivity (Wildman–Crippen MR) is 109 cm³/mol. The van der Waals surface area contributed by atoms with Crippen molar-refractivity contribution in [2.75, 3.05) is 0 Å². The van der Waals surface area contributed by atoms with Crippen molar-refractivity contribution in [2.24, 2.45) is 5.41 Å². The molecule has 0 heterocycles. The molecule has 0 aliphatic heterocycles.